The average Bonchev–Trinajstić information content (AvgIpc) is 2.51. The minimum absolute atomic E-state index is 0.0127. The van der Waals surface area contributed by atoms with Gasteiger partial charge in [0.25, 0.3) is 0 Å². The van der Waals surface area contributed by atoms with Gasteiger partial charge in [-0.25, -0.2) is 13.2 Å². The largest absolute Gasteiger partial charge is 0.465 e. The summed E-state index contributed by atoms with van der Waals surface area (Å²) in [6.07, 6.45) is 0. The Morgan fingerprint density at radius 2 is 1.95 bits per heavy atom. The number of hydrogen-bond donors (Lipinski definition) is 1. The molecule has 1 aliphatic rings. The summed E-state index contributed by atoms with van der Waals surface area (Å²) in [6, 6.07) is 2.81. The fraction of sp³-hybridized carbons (Fsp3) is 0.385. The van der Waals surface area contributed by atoms with Gasteiger partial charge in [-0.2, -0.15) is 0 Å². The van der Waals surface area contributed by atoms with E-state index < -0.39 is 20.6 Å². The summed E-state index contributed by atoms with van der Waals surface area (Å²) < 4.78 is 28.3. The summed E-state index contributed by atoms with van der Waals surface area (Å²) >= 11 is 0. The molecule has 2 rings (SSSR count). The van der Waals surface area contributed by atoms with Crippen molar-refractivity contribution in [3.05, 3.63) is 28.8 Å². The first-order valence-electron chi connectivity index (χ1n) is 5.89. The van der Waals surface area contributed by atoms with E-state index in [4.69, 9.17) is 5.21 Å². The average molecular weight is 297 g/mol. The number of oxime groups is 1. The van der Waals surface area contributed by atoms with Crippen molar-refractivity contribution in [3.8, 4) is 0 Å². The highest BCUT2D eigenvalue weighted by atomic mass is 32.2. The van der Waals surface area contributed by atoms with Gasteiger partial charge < -0.3 is 9.94 Å². The van der Waals surface area contributed by atoms with Crippen molar-refractivity contribution in [2.24, 2.45) is 5.16 Å². The van der Waals surface area contributed by atoms with Crippen molar-refractivity contribution in [1.29, 1.82) is 0 Å². The lowest BCUT2D eigenvalue weighted by molar-refractivity contribution is 0.0599. The van der Waals surface area contributed by atoms with Gasteiger partial charge >= 0.3 is 5.97 Å². The maximum absolute atomic E-state index is 12.5. The zero-order valence-corrected chi connectivity index (χ0v) is 12.4. The van der Waals surface area contributed by atoms with Crippen molar-refractivity contribution in [2.75, 3.05) is 7.11 Å². The molecule has 0 amide bonds. The van der Waals surface area contributed by atoms with E-state index in [2.05, 4.69) is 9.89 Å². The molecule has 1 aromatic rings. The predicted molar refractivity (Wildman–Crippen MR) is 72.1 cm³/mol. The lowest BCUT2D eigenvalue weighted by atomic mass is 9.96. The molecule has 0 saturated carbocycles. The molecule has 0 spiro atoms. The van der Waals surface area contributed by atoms with Gasteiger partial charge in [0, 0.05) is 5.56 Å². The number of carbonyl (C=O) groups is 1. The molecule has 0 bridgehead atoms. The molecule has 0 aromatic heterocycles. The first-order valence-corrected chi connectivity index (χ1v) is 7.37. The second-order valence-electron chi connectivity index (χ2n) is 5.12. The molecule has 0 aliphatic carbocycles. The Morgan fingerprint density at radius 3 is 2.45 bits per heavy atom. The Hall–Kier alpha value is -1.89. The van der Waals surface area contributed by atoms with Crippen LogP contribution in [0.3, 0.4) is 0 Å². The van der Waals surface area contributed by atoms with Crippen LogP contribution in [-0.4, -0.2) is 37.2 Å². The summed E-state index contributed by atoms with van der Waals surface area (Å²) in [4.78, 5) is 11.6. The fourth-order valence-electron chi connectivity index (χ4n) is 2.33. The summed E-state index contributed by atoms with van der Waals surface area (Å²) in [7, 11) is -2.49. The molecule has 0 radical (unpaired) electrons. The molecule has 7 heteroatoms. The van der Waals surface area contributed by atoms with Crippen LogP contribution in [0.5, 0.6) is 0 Å². The predicted octanol–water partition coefficient (Wildman–Crippen LogP) is 1.53. The summed E-state index contributed by atoms with van der Waals surface area (Å²) in [5, 5.41) is 12.3. The molecule has 0 atom stereocenters. The van der Waals surface area contributed by atoms with Gasteiger partial charge in [-0.3, -0.25) is 0 Å². The number of carbonyl (C=O) groups excluding carboxylic acids is 1. The molecular formula is C13H15NO5S. The molecule has 20 heavy (non-hydrogen) atoms. The molecular weight excluding hydrogens is 282 g/mol. The van der Waals surface area contributed by atoms with E-state index in [1.54, 1.807) is 6.92 Å². The Labute approximate surface area is 117 Å². The molecule has 0 saturated heterocycles. The van der Waals surface area contributed by atoms with E-state index in [9.17, 15) is 13.2 Å². The first-order chi connectivity index (χ1) is 9.18. The highest BCUT2D eigenvalue weighted by Gasteiger charge is 2.50. The molecule has 0 unspecified atom stereocenters. The van der Waals surface area contributed by atoms with Gasteiger partial charge in [0.05, 0.1) is 17.6 Å². The zero-order chi connectivity index (χ0) is 15.3. The van der Waals surface area contributed by atoms with E-state index >= 15 is 0 Å². The van der Waals surface area contributed by atoms with Crippen LogP contribution in [0.15, 0.2) is 22.2 Å². The van der Waals surface area contributed by atoms with E-state index in [-0.39, 0.29) is 16.2 Å². The minimum atomic E-state index is -3.72. The first kappa shape index (κ1) is 14.5. The van der Waals surface area contributed by atoms with E-state index in [0.717, 1.165) is 0 Å². The molecule has 0 fully saturated rings. The van der Waals surface area contributed by atoms with Crippen molar-refractivity contribution >= 4 is 21.5 Å². The van der Waals surface area contributed by atoms with Crippen LogP contribution >= 0.6 is 0 Å². The van der Waals surface area contributed by atoms with Crippen LogP contribution in [0.2, 0.25) is 0 Å². The number of aryl methyl sites for hydroxylation is 1. The van der Waals surface area contributed by atoms with Crippen molar-refractivity contribution < 1.29 is 23.2 Å². The van der Waals surface area contributed by atoms with E-state index in [1.807, 2.05) is 0 Å². The topological polar surface area (TPSA) is 93.0 Å². The van der Waals surface area contributed by atoms with Crippen molar-refractivity contribution in [3.63, 3.8) is 0 Å². The number of ether oxygens (including phenoxy) is 1. The maximum atomic E-state index is 12.5. The number of fused-ring (bicyclic) bond motifs is 1. The Kier molecular flexibility index (Phi) is 3.13. The summed E-state index contributed by atoms with van der Waals surface area (Å²) in [5.41, 5.74) is 1.14. The minimum Gasteiger partial charge on any atom is -0.465 e. The zero-order valence-electron chi connectivity index (χ0n) is 11.6. The monoisotopic (exact) mass is 297 g/mol. The van der Waals surface area contributed by atoms with Gasteiger partial charge in [0.15, 0.2) is 9.84 Å². The van der Waals surface area contributed by atoms with Gasteiger partial charge in [0.2, 0.25) is 0 Å². The summed E-state index contributed by atoms with van der Waals surface area (Å²) in [6.45, 7) is 4.59. The van der Waals surface area contributed by atoms with Gasteiger partial charge in [-0.15, -0.1) is 0 Å². The number of benzene rings is 1. The fourth-order valence-corrected chi connectivity index (χ4v) is 4.00. The van der Waals surface area contributed by atoms with Gasteiger partial charge in [-0.1, -0.05) is 5.16 Å². The molecule has 108 valence electrons. The third-order valence-electron chi connectivity index (χ3n) is 3.62. The SMILES string of the molecule is COC(=O)c1cc2c(cc1C)/C(=N/O)C(C)(C)S2(=O)=O. The smallest absolute Gasteiger partial charge is 0.338 e. The molecule has 1 heterocycles. The standard InChI is InChI=1S/C13H15NO5S/c1-7-5-9-10(6-8(7)12(15)19-4)20(17,18)13(2,3)11(9)14-16/h5-6,16H,1-4H3/b14-11-. The van der Waals surface area contributed by atoms with Crippen LogP contribution in [-0.2, 0) is 14.6 Å². The van der Waals surface area contributed by atoms with E-state index in [1.165, 1.54) is 33.1 Å². The van der Waals surface area contributed by atoms with Crippen LogP contribution in [0.1, 0.15) is 35.3 Å². The number of esters is 1. The van der Waals surface area contributed by atoms with Crippen molar-refractivity contribution in [2.45, 2.75) is 30.4 Å². The van der Waals surface area contributed by atoms with Crippen LogP contribution in [0.25, 0.3) is 0 Å². The number of nitrogens with zero attached hydrogens (tertiary/aromatic N) is 1. The summed E-state index contributed by atoms with van der Waals surface area (Å²) in [5.74, 6) is -0.604. The van der Waals surface area contributed by atoms with Crippen LogP contribution < -0.4 is 0 Å². The number of rotatable bonds is 1. The molecule has 1 aliphatic heterocycles. The number of hydrogen-bond acceptors (Lipinski definition) is 6. The molecule has 1 aromatic carbocycles. The Balaban J connectivity index is 2.85. The lowest BCUT2D eigenvalue weighted by Crippen LogP contribution is -2.34. The van der Waals surface area contributed by atoms with Crippen LogP contribution in [0.4, 0.5) is 0 Å². The third-order valence-corrected chi connectivity index (χ3v) is 6.07. The maximum Gasteiger partial charge on any atom is 0.338 e. The third kappa shape index (κ3) is 1.66. The highest BCUT2D eigenvalue weighted by molar-refractivity contribution is 7.94. The normalized spacial score (nSPS) is 20.7. The Bertz CT molecular complexity index is 731. The Morgan fingerprint density at radius 1 is 1.35 bits per heavy atom. The molecule has 6 nitrogen and oxygen atoms in total. The van der Waals surface area contributed by atoms with Gasteiger partial charge in [-0.05, 0) is 38.5 Å². The lowest BCUT2D eigenvalue weighted by Gasteiger charge is -2.16. The number of sulfone groups is 1. The van der Waals surface area contributed by atoms with Crippen molar-refractivity contribution in [1.82, 2.24) is 0 Å². The second-order valence-corrected chi connectivity index (χ2v) is 7.58. The highest BCUT2D eigenvalue weighted by Crippen LogP contribution is 2.40. The van der Waals surface area contributed by atoms with Crippen LogP contribution in [0, 0.1) is 6.92 Å². The number of methoxy groups -OCH3 is 1. The van der Waals surface area contributed by atoms with Gasteiger partial charge in [0.1, 0.15) is 10.5 Å². The second kappa shape index (κ2) is 4.31. The van der Waals surface area contributed by atoms with E-state index in [0.29, 0.717) is 11.1 Å². The quantitative estimate of drug-likeness (QED) is 0.482. The molecule has 1 N–H and O–H groups in total.